The van der Waals surface area contributed by atoms with Crippen LogP contribution in [0, 0.1) is 11.3 Å². The van der Waals surface area contributed by atoms with Gasteiger partial charge in [0.05, 0.1) is 0 Å². The van der Waals surface area contributed by atoms with Crippen LogP contribution in [0.4, 0.5) is 0 Å². The molecule has 0 aromatic carbocycles. The summed E-state index contributed by atoms with van der Waals surface area (Å²) in [5.74, 6) is -0.830. The summed E-state index contributed by atoms with van der Waals surface area (Å²) in [7, 11) is 0. The molecular weight excluding hydrogens is 194 g/mol. The summed E-state index contributed by atoms with van der Waals surface area (Å²) in [6, 6.07) is 0.158. The molecular formula is C11H19NO3. The van der Waals surface area contributed by atoms with Gasteiger partial charge in [0.2, 0.25) is 5.91 Å². The molecule has 1 aliphatic carbocycles. The summed E-state index contributed by atoms with van der Waals surface area (Å²) < 4.78 is 0. The van der Waals surface area contributed by atoms with Crippen molar-refractivity contribution in [2.75, 3.05) is 0 Å². The molecule has 1 saturated carbocycles. The first-order valence-corrected chi connectivity index (χ1v) is 5.38. The smallest absolute Gasteiger partial charge is 0.318 e. The Morgan fingerprint density at radius 3 is 2.33 bits per heavy atom. The summed E-state index contributed by atoms with van der Waals surface area (Å²) >= 11 is 0. The minimum absolute atomic E-state index is 0.158. The van der Waals surface area contributed by atoms with Crippen LogP contribution in [0.5, 0.6) is 0 Å². The van der Waals surface area contributed by atoms with Crippen LogP contribution in [0.3, 0.4) is 0 Å². The molecule has 4 nitrogen and oxygen atoms in total. The summed E-state index contributed by atoms with van der Waals surface area (Å²) in [4.78, 5) is 22.5. The number of rotatable bonds is 3. The second-order valence-corrected chi connectivity index (χ2v) is 5.02. The molecule has 0 spiro atoms. The molecule has 1 fully saturated rings. The lowest BCUT2D eigenvalue weighted by atomic mass is 9.92. The van der Waals surface area contributed by atoms with Gasteiger partial charge in [0.15, 0.2) is 0 Å². The van der Waals surface area contributed by atoms with Gasteiger partial charge in [0.25, 0.3) is 0 Å². The van der Waals surface area contributed by atoms with E-state index in [0.717, 1.165) is 19.3 Å². The van der Waals surface area contributed by atoms with Crippen LogP contribution in [0.25, 0.3) is 0 Å². The van der Waals surface area contributed by atoms with E-state index in [4.69, 9.17) is 5.11 Å². The summed E-state index contributed by atoms with van der Waals surface area (Å²) in [5, 5.41) is 11.7. The largest absolute Gasteiger partial charge is 0.480 e. The van der Waals surface area contributed by atoms with Crippen molar-refractivity contribution in [1.29, 1.82) is 0 Å². The van der Waals surface area contributed by atoms with E-state index in [2.05, 4.69) is 12.2 Å². The first-order valence-electron chi connectivity index (χ1n) is 5.38. The van der Waals surface area contributed by atoms with Crippen LogP contribution in [0.2, 0.25) is 0 Å². The Kier molecular flexibility index (Phi) is 3.37. The normalized spacial score (nSPS) is 26.3. The van der Waals surface area contributed by atoms with Crippen molar-refractivity contribution < 1.29 is 14.7 Å². The monoisotopic (exact) mass is 213 g/mol. The van der Waals surface area contributed by atoms with Gasteiger partial charge in [-0.1, -0.05) is 6.92 Å². The van der Waals surface area contributed by atoms with Gasteiger partial charge in [-0.2, -0.15) is 0 Å². The Morgan fingerprint density at radius 1 is 1.33 bits per heavy atom. The van der Waals surface area contributed by atoms with Gasteiger partial charge >= 0.3 is 5.97 Å². The maximum absolute atomic E-state index is 11.7. The maximum Gasteiger partial charge on any atom is 0.318 e. The fourth-order valence-electron chi connectivity index (χ4n) is 1.80. The zero-order chi connectivity index (χ0) is 11.6. The quantitative estimate of drug-likeness (QED) is 0.696. The first-order chi connectivity index (χ1) is 6.84. The molecule has 4 heteroatoms. The molecule has 2 unspecified atom stereocenters. The highest BCUT2D eigenvalue weighted by molar-refractivity contribution is 6.01. The third kappa shape index (κ3) is 2.70. The van der Waals surface area contributed by atoms with Crippen molar-refractivity contribution >= 4 is 11.9 Å². The minimum atomic E-state index is -1.33. The van der Waals surface area contributed by atoms with Crippen LogP contribution < -0.4 is 5.32 Å². The number of carboxylic acid groups (broad SMARTS) is 1. The van der Waals surface area contributed by atoms with E-state index < -0.39 is 11.4 Å². The highest BCUT2D eigenvalue weighted by Crippen LogP contribution is 2.26. The number of carbonyl (C=O) groups is 2. The van der Waals surface area contributed by atoms with Crippen LogP contribution in [0.1, 0.15) is 40.0 Å². The molecule has 0 aromatic heterocycles. The Bertz CT molecular complexity index is 273. The molecule has 2 atom stereocenters. The average Bonchev–Trinajstić information content (AvgIpc) is 2.50. The fraction of sp³-hybridized carbons (Fsp3) is 0.818. The second-order valence-electron chi connectivity index (χ2n) is 5.02. The molecule has 1 rings (SSSR count). The summed E-state index contributed by atoms with van der Waals surface area (Å²) in [6.45, 7) is 5.01. The molecule has 1 amide bonds. The van der Waals surface area contributed by atoms with Crippen molar-refractivity contribution in [3.05, 3.63) is 0 Å². The minimum Gasteiger partial charge on any atom is -0.480 e. The van der Waals surface area contributed by atoms with Crippen molar-refractivity contribution in [3.63, 3.8) is 0 Å². The van der Waals surface area contributed by atoms with Gasteiger partial charge in [-0.3, -0.25) is 9.59 Å². The lowest BCUT2D eigenvalue weighted by molar-refractivity contribution is -0.153. The molecule has 15 heavy (non-hydrogen) atoms. The maximum atomic E-state index is 11.7. The summed E-state index contributed by atoms with van der Waals surface area (Å²) in [6.07, 6.45) is 3.03. The van der Waals surface area contributed by atoms with Gasteiger partial charge < -0.3 is 10.4 Å². The molecule has 0 aliphatic heterocycles. The highest BCUT2D eigenvalue weighted by Gasteiger charge is 2.37. The van der Waals surface area contributed by atoms with Crippen molar-refractivity contribution in [3.8, 4) is 0 Å². The van der Waals surface area contributed by atoms with E-state index >= 15 is 0 Å². The second kappa shape index (κ2) is 4.21. The standard InChI is InChI=1S/C11H19NO3/c1-7-4-5-8(6-7)12-9(13)11(2,3)10(14)15/h7-8H,4-6H2,1-3H3,(H,12,13)(H,14,15). The van der Waals surface area contributed by atoms with Gasteiger partial charge in [0.1, 0.15) is 5.41 Å². The zero-order valence-electron chi connectivity index (χ0n) is 9.54. The van der Waals surface area contributed by atoms with E-state index in [1.807, 2.05) is 0 Å². The molecule has 0 saturated heterocycles. The third-order valence-electron chi connectivity index (χ3n) is 3.13. The lowest BCUT2D eigenvalue weighted by Gasteiger charge is -2.21. The van der Waals surface area contributed by atoms with E-state index in [9.17, 15) is 9.59 Å². The van der Waals surface area contributed by atoms with E-state index in [-0.39, 0.29) is 11.9 Å². The van der Waals surface area contributed by atoms with Gasteiger partial charge in [-0.15, -0.1) is 0 Å². The predicted molar refractivity (Wildman–Crippen MR) is 56.4 cm³/mol. The molecule has 0 heterocycles. The van der Waals surface area contributed by atoms with Gasteiger partial charge in [0, 0.05) is 6.04 Å². The topological polar surface area (TPSA) is 66.4 Å². The van der Waals surface area contributed by atoms with Gasteiger partial charge in [-0.05, 0) is 39.0 Å². The van der Waals surface area contributed by atoms with Gasteiger partial charge in [-0.25, -0.2) is 0 Å². The predicted octanol–water partition coefficient (Wildman–Crippen LogP) is 1.40. The molecule has 1 aliphatic rings. The Hall–Kier alpha value is -1.06. The number of aliphatic carboxylic acids is 1. The number of nitrogens with one attached hydrogen (secondary N) is 1. The van der Waals surface area contributed by atoms with E-state index in [1.165, 1.54) is 13.8 Å². The SMILES string of the molecule is CC1CCC(NC(=O)C(C)(C)C(=O)O)C1. The van der Waals surface area contributed by atoms with Crippen molar-refractivity contribution in [2.24, 2.45) is 11.3 Å². The van der Waals surface area contributed by atoms with E-state index in [1.54, 1.807) is 0 Å². The number of hydrogen-bond donors (Lipinski definition) is 2. The number of carboxylic acids is 1. The Balaban J connectivity index is 2.52. The number of amides is 1. The van der Waals surface area contributed by atoms with Crippen molar-refractivity contribution in [1.82, 2.24) is 5.32 Å². The molecule has 0 bridgehead atoms. The van der Waals surface area contributed by atoms with Crippen LogP contribution in [-0.4, -0.2) is 23.0 Å². The molecule has 0 aromatic rings. The number of carbonyl (C=O) groups excluding carboxylic acids is 1. The Labute approximate surface area is 90.0 Å². The third-order valence-corrected chi connectivity index (χ3v) is 3.13. The molecule has 86 valence electrons. The van der Waals surface area contributed by atoms with Crippen molar-refractivity contribution in [2.45, 2.75) is 46.1 Å². The summed E-state index contributed by atoms with van der Waals surface area (Å²) in [5.41, 5.74) is -1.33. The number of hydrogen-bond acceptors (Lipinski definition) is 2. The lowest BCUT2D eigenvalue weighted by Crippen LogP contribution is -2.45. The zero-order valence-corrected chi connectivity index (χ0v) is 9.54. The average molecular weight is 213 g/mol. The highest BCUT2D eigenvalue weighted by atomic mass is 16.4. The molecule has 0 radical (unpaired) electrons. The fourth-order valence-corrected chi connectivity index (χ4v) is 1.80. The van der Waals surface area contributed by atoms with E-state index in [0.29, 0.717) is 5.92 Å². The van der Waals surface area contributed by atoms with Crippen LogP contribution >= 0.6 is 0 Å². The van der Waals surface area contributed by atoms with Crippen LogP contribution in [0.15, 0.2) is 0 Å². The molecule has 2 N–H and O–H groups in total. The first kappa shape index (κ1) is 12.0. The van der Waals surface area contributed by atoms with Crippen LogP contribution in [-0.2, 0) is 9.59 Å². The Morgan fingerprint density at radius 2 is 1.93 bits per heavy atom.